The molecule has 0 aromatic rings. The van der Waals surface area contributed by atoms with Gasteiger partial charge in [-0.15, -0.1) is 0 Å². The highest BCUT2D eigenvalue weighted by molar-refractivity contribution is 7.99. The topological polar surface area (TPSA) is 38.5 Å². The van der Waals surface area contributed by atoms with Crippen LogP contribution in [-0.2, 0) is 4.74 Å². The highest BCUT2D eigenvalue weighted by Gasteiger charge is 2.36. The van der Waals surface area contributed by atoms with Crippen LogP contribution >= 0.6 is 11.8 Å². The van der Waals surface area contributed by atoms with Gasteiger partial charge >= 0.3 is 0 Å². The van der Waals surface area contributed by atoms with E-state index in [-0.39, 0.29) is 0 Å². The second-order valence-electron chi connectivity index (χ2n) is 4.49. The molecule has 0 unspecified atom stereocenters. The Hall–Kier alpha value is 0.230. The predicted octanol–water partition coefficient (Wildman–Crippen LogP) is 0.933. The molecule has 2 saturated heterocycles. The van der Waals surface area contributed by atoms with Gasteiger partial charge in [-0.1, -0.05) is 0 Å². The summed E-state index contributed by atoms with van der Waals surface area (Å²) in [4.78, 5) is 2.60. The molecule has 2 aliphatic rings. The van der Waals surface area contributed by atoms with Crippen molar-refractivity contribution >= 4 is 11.8 Å². The average molecular weight is 230 g/mol. The fraction of sp³-hybridized carbons (Fsp3) is 1.00. The lowest BCUT2D eigenvalue weighted by Crippen LogP contribution is -2.56. The molecule has 15 heavy (non-hydrogen) atoms. The van der Waals surface area contributed by atoms with E-state index in [0.29, 0.717) is 5.54 Å². The lowest BCUT2D eigenvalue weighted by atomic mass is 9.90. The number of ether oxygens (including phenoxy) is 1. The Labute approximate surface area is 96.7 Å². The van der Waals surface area contributed by atoms with Crippen molar-refractivity contribution in [3.63, 3.8) is 0 Å². The van der Waals surface area contributed by atoms with Crippen molar-refractivity contribution in [1.29, 1.82) is 0 Å². The van der Waals surface area contributed by atoms with Crippen LogP contribution in [0.3, 0.4) is 0 Å². The van der Waals surface area contributed by atoms with Crippen molar-refractivity contribution in [1.82, 2.24) is 4.90 Å². The van der Waals surface area contributed by atoms with Crippen molar-refractivity contribution in [2.75, 3.05) is 44.4 Å². The van der Waals surface area contributed by atoms with Crippen LogP contribution in [0, 0.1) is 0 Å². The first-order valence-electron chi connectivity index (χ1n) is 5.98. The fourth-order valence-corrected chi connectivity index (χ4v) is 3.87. The Balaban J connectivity index is 2.01. The minimum Gasteiger partial charge on any atom is -0.380 e. The normalized spacial score (nSPS) is 28.6. The van der Waals surface area contributed by atoms with E-state index in [2.05, 4.69) is 16.7 Å². The molecule has 4 heteroatoms. The van der Waals surface area contributed by atoms with Crippen LogP contribution in [0.4, 0.5) is 0 Å². The van der Waals surface area contributed by atoms with E-state index in [4.69, 9.17) is 10.5 Å². The summed E-state index contributed by atoms with van der Waals surface area (Å²) in [5.74, 6) is 2.54. The summed E-state index contributed by atoms with van der Waals surface area (Å²) in [6, 6.07) is 0. The molecule has 0 saturated carbocycles. The van der Waals surface area contributed by atoms with Crippen LogP contribution in [0.25, 0.3) is 0 Å². The molecule has 2 aliphatic heterocycles. The molecule has 3 nitrogen and oxygen atoms in total. The van der Waals surface area contributed by atoms with Gasteiger partial charge in [0.15, 0.2) is 0 Å². The molecule has 0 amide bonds. The number of rotatable bonds is 2. The molecule has 88 valence electrons. The Bertz CT molecular complexity index is 187. The van der Waals surface area contributed by atoms with Crippen LogP contribution in [-0.4, -0.2) is 54.8 Å². The van der Waals surface area contributed by atoms with Crippen LogP contribution in [0.1, 0.15) is 19.3 Å². The highest BCUT2D eigenvalue weighted by Crippen LogP contribution is 2.32. The lowest BCUT2D eigenvalue weighted by Gasteiger charge is -2.45. The third-order valence-corrected chi connectivity index (χ3v) is 4.68. The SMILES string of the molecule is NCC1(N2CCCOCC2)CCSCC1. The van der Waals surface area contributed by atoms with E-state index in [1.165, 1.54) is 30.9 Å². The van der Waals surface area contributed by atoms with Crippen LogP contribution in [0.2, 0.25) is 0 Å². The van der Waals surface area contributed by atoms with Crippen LogP contribution in [0.15, 0.2) is 0 Å². The van der Waals surface area contributed by atoms with Gasteiger partial charge in [0, 0.05) is 31.8 Å². The second kappa shape index (κ2) is 5.53. The Kier molecular flexibility index (Phi) is 4.31. The summed E-state index contributed by atoms with van der Waals surface area (Å²) >= 11 is 2.07. The van der Waals surface area contributed by atoms with Gasteiger partial charge in [-0.25, -0.2) is 0 Å². The smallest absolute Gasteiger partial charge is 0.0593 e. The van der Waals surface area contributed by atoms with Crippen molar-refractivity contribution in [3.8, 4) is 0 Å². The summed E-state index contributed by atoms with van der Waals surface area (Å²) in [6.45, 7) is 4.86. The zero-order valence-electron chi connectivity index (χ0n) is 9.41. The molecule has 0 aromatic heterocycles. The summed E-state index contributed by atoms with van der Waals surface area (Å²) in [7, 11) is 0. The summed E-state index contributed by atoms with van der Waals surface area (Å²) in [5.41, 5.74) is 6.32. The highest BCUT2D eigenvalue weighted by atomic mass is 32.2. The van der Waals surface area contributed by atoms with Gasteiger partial charge in [0.2, 0.25) is 0 Å². The molecule has 0 radical (unpaired) electrons. The summed E-state index contributed by atoms with van der Waals surface area (Å²) < 4.78 is 5.52. The molecule has 0 spiro atoms. The molecule has 0 atom stereocenters. The van der Waals surface area contributed by atoms with E-state index < -0.39 is 0 Å². The minimum absolute atomic E-state index is 0.291. The summed E-state index contributed by atoms with van der Waals surface area (Å²) in [6.07, 6.45) is 3.68. The lowest BCUT2D eigenvalue weighted by molar-refractivity contribution is 0.0752. The van der Waals surface area contributed by atoms with Crippen molar-refractivity contribution in [2.45, 2.75) is 24.8 Å². The molecule has 2 fully saturated rings. The number of nitrogens with zero attached hydrogens (tertiary/aromatic N) is 1. The molecule has 0 aliphatic carbocycles. The first-order chi connectivity index (χ1) is 7.37. The molecule has 2 heterocycles. The van der Waals surface area contributed by atoms with Gasteiger partial charge in [0.1, 0.15) is 0 Å². The van der Waals surface area contributed by atoms with Crippen molar-refractivity contribution in [2.24, 2.45) is 5.73 Å². The average Bonchev–Trinajstić information content (AvgIpc) is 2.59. The number of hydrogen-bond acceptors (Lipinski definition) is 4. The van der Waals surface area contributed by atoms with Crippen LogP contribution in [0.5, 0.6) is 0 Å². The van der Waals surface area contributed by atoms with Gasteiger partial charge in [-0.2, -0.15) is 11.8 Å². The molecule has 0 bridgehead atoms. The monoisotopic (exact) mass is 230 g/mol. The molecular weight excluding hydrogens is 208 g/mol. The number of hydrogen-bond donors (Lipinski definition) is 1. The largest absolute Gasteiger partial charge is 0.380 e. The zero-order valence-corrected chi connectivity index (χ0v) is 10.2. The van der Waals surface area contributed by atoms with Gasteiger partial charge < -0.3 is 10.5 Å². The van der Waals surface area contributed by atoms with Crippen molar-refractivity contribution < 1.29 is 4.74 Å². The van der Waals surface area contributed by atoms with Crippen molar-refractivity contribution in [3.05, 3.63) is 0 Å². The quantitative estimate of drug-likeness (QED) is 0.766. The summed E-state index contributed by atoms with van der Waals surface area (Å²) in [5, 5.41) is 0. The number of nitrogens with two attached hydrogens (primary N) is 1. The third-order valence-electron chi connectivity index (χ3n) is 3.70. The minimum atomic E-state index is 0.291. The maximum atomic E-state index is 6.03. The van der Waals surface area contributed by atoms with E-state index in [1.807, 2.05) is 0 Å². The van der Waals surface area contributed by atoms with Gasteiger partial charge in [0.05, 0.1) is 6.61 Å². The fourth-order valence-electron chi connectivity index (χ4n) is 2.62. The molecule has 2 N–H and O–H groups in total. The third kappa shape index (κ3) is 2.67. The predicted molar refractivity (Wildman–Crippen MR) is 65.4 cm³/mol. The van der Waals surface area contributed by atoms with E-state index in [1.54, 1.807) is 0 Å². The molecule has 0 aromatic carbocycles. The van der Waals surface area contributed by atoms with Gasteiger partial charge in [-0.3, -0.25) is 4.90 Å². The molecule has 2 rings (SSSR count). The maximum Gasteiger partial charge on any atom is 0.0593 e. The first-order valence-corrected chi connectivity index (χ1v) is 7.13. The Morgan fingerprint density at radius 2 is 2.00 bits per heavy atom. The van der Waals surface area contributed by atoms with E-state index >= 15 is 0 Å². The maximum absolute atomic E-state index is 6.03. The number of thioether (sulfide) groups is 1. The first kappa shape index (κ1) is 11.7. The van der Waals surface area contributed by atoms with Crippen LogP contribution < -0.4 is 5.73 Å². The second-order valence-corrected chi connectivity index (χ2v) is 5.72. The van der Waals surface area contributed by atoms with E-state index in [0.717, 1.165) is 32.7 Å². The standard InChI is InChI=1S/C11H22N2OS/c12-10-11(2-8-15-9-3-11)13-4-1-6-14-7-5-13/h1-10,12H2. The molecular formula is C11H22N2OS. The van der Waals surface area contributed by atoms with Gasteiger partial charge in [0.25, 0.3) is 0 Å². The zero-order chi connectivity index (χ0) is 10.6. The van der Waals surface area contributed by atoms with E-state index in [9.17, 15) is 0 Å². The Morgan fingerprint density at radius 3 is 2.73 bits per heavy atom. The van der Waals surface area contributed by atoms with Gasteiger partial charge in [-0.05, 0) is 30.8 Å². The Morgan fingerprint density at radius 1 is 1.20 bits per heavy atom.